The Morgan fingerprint density at radius 1 is 1.08 bits per heavy atom. The van der Waals surface area contributed by atoms with Gasteiger partial charge in [0, 0.05) is 18.7 Å². The van der Waals surface area contributed by atoms with E-state index in [0.717, 1.165) is 34.5 Å². The van der Waals surface area contributed by atoms with Gasteiger partial charge in [0.15, 0.2) is 0 Å². The van der Waals surface area contributed by atoms with Crippen LogP contribution in [-0.2, 0) is 11.3 Å². The summed E-state index contributed by atoms with van der Waals surface area (Å²) in [6, 6.07) is 12.9. The number of hydrogen-bond acceptors (Lipinski definition) is 6. The van der Waals surface area contributed by atoms with E-state index in [9.17, 15) is 14.7 Å². The van der Waals surface area contributed by atoms with Gasteiger partial charge in [-0.3, -0.25) is 4.79 Å². The minimum Gasteiger partial charge on any atom is -0.480 e. The topological polar surface area (TPSA) is 95.4 Å². The first kappa shape index (κ1) is 28.6. The van der Waals surface area contributed by atoms with Gasteiger partial charge in [0.2, 0.25) is 0 Å². The second-order valence-corrected chi connectivity index (χ2v) is 11.3. The summed E-state index contributed by atoms with van der Waals surface area (Å²) in [5.74, 6) is -0.103. The molecule has 1 heterocycles. The number of carboxylic acids is 1. The number of benzene rings is 2. The SMILES string of the molecule is CSCCC(NC(=O)c1ccc(CN(CC2CCCCC2)c2cncnc2)cc1-c1ccccc1C)C(=O)O. The van der Waals surface area contributed by atoms with Crippen molar-refractivity contribution in [3.8, 4) is 11.1 Å². The molecule has 2 aromatic carbocycles. The van der Waals surface area contributed by atoms with E-state index in [1.54, 1.807) is 18.1 Å². The predicted molar refractivity (Wildman–Crippen MR) is 158 cm³/mol. The Morgan fingerprint density at radius 2 is 1.82 bits per heavy atom. The molecule has 0 aliphatic heterocycles. The van der Waals surface area contributed by atoms with Gasteiger partial charge in [-0.05, 0) is 78.5 Å². The number of carbonyl (C=O) groups excluding carboxylic acids is 1. The second-order valence-electron chi connectivity index (χ2n) is 10.3. The summed E-state index contributed by atoms with van der Waals surface area (Å²) in [5.41, 5.74) is 5.35. The summed E-state index contributed by atoms with van der Waals surface area (Å²) in [6.45, 7) is 3.63. The lowest BCUT2D eigenvalue weighted by atomic mass is 9.88. The van der Waals surface area contributed by atoms with Crippen LogP contribution in [-0.4, -0.2) is 51.5 Å². The molecule has 4 rings (SSSR count). The molecule has 8 heteroatoms. The van der Waals surface area contributed by atoms with Gasteiger partial charge in [0.05, 0.1) is 18.1 Å². The van der Waals surface area contributed by atoms with Crippen LogP contribution in [0.15, 0.2) is 61.2 Å². The lowest BCUT2D eigenvalue weighted by Gasteiger charge is -2.31. The molecule has 1 aliphatic rings. The van der Waals surface area contributed by atoms with Gasteiger partial charge >= 0.3 is 5.97 Å². The van der Waals surface area contributed by atoms with Crippen LogP contribution in [0, 0.1) is 12.8 Å². The van der Waals surface area contributed by atoms with Crippen molar-refractivity contribution in [1.82, 2.24) is 15.3 Å². The van der Waals surface area contributed by atoms with Gasteiger partial charge in [-0.15, -0.1) is 0 Å². The molecular formula is C31H38N4O3S. The molecule has 1 unspecified atom stereocenters. The van der Waals surface area contributed by atoms with Crippen molar-refractivity contribution in [2.24, 2.45) is 5.92 Å². The average molecular weight is 547 g/mol. The highest BCUT2D eigenvalue weighted by Crippen LogP contribution is 2.31. The highest BCUT2D eigenvalue weighted by Gasteiger charge is 2.24. The molecule has 0 spiro atoms. The maximum absolute atomic E-state index is 13.4. The van der Waals surface area contributed by atoms with Crippen molar-refractivity contribution >= 4 is 29.3 Å². The zero-order chi connectivity index (χ0) is 27.6. The Balaban J connectivity index is 1.66. The minimum atomic E-state index is -1.02. The van der Waals surface area contributed by atoms with Crippen LogP contribution >= 0.6 is 11.8 Å². The van der Waals surface area contributed by atoms with E-state index in [0.29, 0.717) is 30.2 Å². The number of aromatic nitrogens is 2. The quantitative estimate of drug-likeness (QED) is 0.289. The summed E-state index contributed by atoms with van der Waals surface area (Å²) in [4.78, 5) is 36.1. The fourth-order valence-corrected chi connectivity index (χ4v) is 5.80. The molecule has 0 saturated heterocycles. The van der Waals surface area contributed by atoms with Crippen LogP contribution in [0.25, 0.3) is 11.1 Å². The number of nitrogens with one attached hydrogen (secondary N) is 1. The number of nitrogens with zero attached hydrogens (tertiary/aromatic N) is 3. The van der Waals surface area contributed by atoms with E-state index in [4.69, 9.17) is 0 Å². The molecule has 1 aromatic heterocycles. The summed E-state index contributed by atoms with van der Waals surface area (Å²) < 4.78 is 0. The summed E-state index contributed by atoms with van der Waals surface area (Å²) in [7, 11) is 0. The van der Waals surface area contributed by atoms with Crippen molar-refractivity contribution in [2.75, 3.05) is 23.5 Å². The maximum Gasteiger partial charge on any atom is 0.326 e. The third-order valence-corrected chi connectivity index (χ3v) is 8.11. The Bertz CT molecular complexity index is 1250. The minimum absolute atomic E-state index is 0.370. The van der Waals surface area contributed by atoms with Gasteiger partial charge in [0.25, 0.3) is 5.91 Å². The average Bonchev–Trinajstić information content (AvgIpc) is 2.96. The highest BCUT2D eigenvalue weighted by molar-refractivity contribution is 7.98. The molecule has 206 valence electrons. The Labute approximate surface area is 235 Å². The normalized spacial score (nSPS) is 14.5. The molecule has 1 amide bonds. The fourth-order valence-electron chi connectivity index (χ4n) is 5.33. The summed E-state index contributed by atoms with van der Waals surface area (Å²) >= 11 is 1.56. The predicted octanol–water partition coefficient (Wildman–Crippen LogP) is 5.98. The van der Waals surface area contributed by atoms with Crippen molar-refractivity contribution in [1.29, 1.82) is 0 Å². The number of anilines is 1. The molecule has 2 N–H and O–H groups in total. The van der Waals surface area contributed by atoms with E-state index >= 15 is 0 Å². The largest absolute Gasteiger partial charge is 0.480 e. The van der Waals surface area contributed by atoms with E-state index in [1.165, 1.54) is 32.1 Å². The Hall–Kier alpha value is -3.39. The molecule has 39 heavy (non-hydrogen) atoms. The van der Waals surface area contributed by atoms with Crippen LogP contribution in [0.1, 0.15) is 60.0 Å². The summed E-state index contributed by atoms with van der Waals surface area (Å²) in [5, 5.41) is 12.4. The molecule has 0 bridgehead atoms. The first-order valence-corrected chi connectivity index (χ1v) is 15.1. The van der Waals surface area contributed by atoms with E-state index in [-0.39, 0.29) is 5.91 Å². The van der Waals surface area contributed by atoms with Crippen molar-refractivity contribution in [3.05, 3.63) is 77.9 Å². The standard InChI is InChI=1S/C31H38N4O3S/c1-22-8-6-7-11-26(22)28-16-24(12-13-27(28)30(36)34-29(31(37)38)14-15-39-2)20-35(25-17-32-21-33-18-25)19-23-9-4-3-5-10-23/h6-8,11-13,16-18,21,23,29H,3-5,9-10,14-15,19-20H2,1-2H3,(H,34,36)(H,37,38). The van der Waals surface area contributed by atoms with E-state index in [1.807, 2.05) is 62.0 Å². The molecule has 7 nitrogen and oxygen atoms in total. The van der Waals surface area contributed by atoms with Crippen LogP contribution in [0.2, 0.25) is 0 Å². The Morgan fingerprint density at radius 3 is 2.51 bits per heavy atom. The third-order valence-electron chi connectivity index (χ3n) is 7.47. The second kappa shape index (κ2) is 14.1. The maximum atomic E-state index is 13.4. The van der Waals surface area contributed by atoms with E-state index in [2.05, 4.69) is 26.3 Å². The first-order valence-electron chi connectivity index (χ1n) is 13.7. The van der Waals surface area contributed by atoms with Crippen LogP contribution < -0.4 is 10.2 Å². The lowest BCUT2D eigenvalue weighted by Crippen LogP contribution is -2.41. The van der Waals surface area contributed by atoms with Gasteiger partial charge in [-0.25, -0.2) is 14.8 Å². The highest BCUT2D eigenvalue weighted by atomic mass is 32.2. The third kappa shape index (κ3) is 7.82. The monoisotopic (exact) mass is 546 g/mol. The van der Waals surface area contributed by atoms with Gasteiger partial charge in [0.1, 0.15) is 12.4 Å². The molecule has 1 aliphatic carbocycles. The fraction of sp³-hybridized carbons (Fsp3) is 0.419. The summed E-state index contributed by atoms with van der Waals surface area (Å²) in [6.07, 6.45) is 13.9. The number of carbonyl (C=O) groups is 2. The van der Waals surface area contributed by atoms with Gasteiger partial charge < -0.3 is 15.3 Å². The Kier molecular flexibility index (Phi) is 10.4. The number of aliphatic carboxylic acids is 1. The number of aryl methyl sites for hydroxylation is 1. The molecule has 0 radical (unpaired) electrons. The number of hydrogen-bond donors (Lipinski definition) is 2. The number of thioether (sulfide) groups is 1. The molecular weight excluding hydrogens is 508 g/mol. The van der Waals surface area contributed by atoms with Crippen molar-refractivity contribution in [3.63, 3.8) is 0 Å². The lowest BCUT2D eigenvalue weighted by molar-refractivity contribution is -0.139. The molecule has 3 aromatic rings. The smallest absolute Gasteiger partial charge is 0.326 e. The number of amides is 1. The zero-order valence-corrected chi connectivity index (χ0v) is 23.6. The molecule has 1 fully saturated rings. The molecule has 1 saturated carbocycles. The number of carboxylic acid groups (broad SMARTS) is 1. The van der Waals surface area contributed by atoms with Crippen molar-refractivity contribution < 1.29 is 14.7 Å². The van der Waals surface area contributed by atoms with E-state index < -0.39 is 12.0 Å². The van der Waals surface area contributed by atoms with Crippen LogP contribution in [0.4, 0.5) is 5.69 Å². The van der Waals surface area contributed by atoms with Crippen molar-refractivity contribution in [2.45, 2.75) is 58.0 Å². The molecule has 1 atom stereocenters. The van der Waals surface area contributed by atoms with Crippen LogP contribution in [0.3, 0.4) is 0 Å². The van der Waals surface area contributed by atoms with Gasteiger partial charge in [-0.2, -0.15) is 11.8 Å². The number of rotatable bonds is 12. The van der Waals surface area contributed by atoms with Gasteiger partial charge in [-0.1, -0.05) is 49.6 Å². The van der Waals surface area contributed by atoms with Crippen LogP contribution in [0.5, 0.6) is 0 Å². The first-order chi connectivity index (χ1) is 19.0. The zero-order valence-electron chi connectivity index (χ0n) is 22.8.